The Morgan fingerprint density at radius 1 is 1.29 bits per heavy atom. The van der Waals surface area contributed by atoms with Gasteiger partial charge in [-0.05, 0) is 24.1 Å². The van der Waals surface area contributed by atoms with Crippen LogP contribution in [0.4, 0.5) is 13.2 Å². The summed E-state index contributed by atoms with van der Waals surface area (Å²) in [6, 6.07) is 4.42. The minimum absolute atomic E-state index is 0.0920. The zero-order chi connectivity index (χ0) is 13.3. The first-order chi connectivity index (χ1) is 7.72. The van der Waals surface area contributed by atoms with Gasteiger partial charge in [-0.1, -0.05) is 19.1 Å². The van der Waals surface area contributed by atoms with E-state index in [0.717, 1.165) is 24.3 Å². The van der Waals surface area contributed by atoms with Crippen LogP contribution in [0.5, 0.6) is 0 Å². The highest BCUT2D eigenvalue weighted by Gasteiger charge is 2.53. The number of hydrogen-bond acceptors (Lipinski definition) is 2. The van der Waals surface area contributed by atoms with Crippen molar-refractivity contribution in [1.82, 2.24) is 0 Å². The summed E-state index contributed by atoms with van der Waals surface area (Å²) in [7, 11) is 0. The molecule has 1 amide bonds. The molecule has 6 heteroatoms. The fraction of sp³-hybridized carbons (Fsp3) is 0.364. The molecule has 94 valence electrons. The maximum absolute atomic E-state index is 12.7. The van der Waals surface area contributed by atoms with Crippen molar-refractivity contribution < 1.29 is 23.1 Å². The second kappa shape index (κ2) is 4.37. The Hall–Kier alpha value is -1.56. The Kier molecular flexibility index (Phi) is 3.47. The number of aliphatic hydroxyl groups is 1. The molecule has 17 heavy (non-hydrogen) atoms. The molecule has 0 bridgehead atoms. The average Bonchev–Trinajstić information content (AvgIpc) is 2.26. The van der Waals surface area contributed by atoms with Crippen LogP contribution in [-0.2, 0) is 5.60 Å². The zero-order valence-electron chi connectivity index (χ0n) is 9.08. The molecule has 1 unspecified atom stereocenters. The van der Waals surface area contributed by atoms with Crippen LogP contribution < -0.4 is 5.73 Å². The molecule has 0 spiro atoms. The lowest BCUT2D eigenvalue weighted by Crippen LogP contribution is -2.41. The van der Waals surface area contributed by atoms with Gasteiger partial charge in [0.1, 0.15) is 0 Å². The van der Waals surface area contributed by atoms with Crippen LogP contribution >= 0.6 is 0 Å². The number of carbonyl (C=O) groups is 1. The number of primary amides is 1. The maximum atomic E-state index is 12.7. The van der Waals surface area contributed by atoms with Crippen molar-refractivity contribution in [3.8, 4) is 0 Å². The number of rotatable bonds is 3. The lowest BCUT2D eigenvalue weighted by Gasteiger charge is -2.29. The smallest absolute Gasteiger partial charge is 0.376 e. The molecular formula is C11H12F3NO2. The summed E-state index contributed by atoms with van der Waals surface area (Å²) >= 11 is 0. The highest BCUT2D eigenvalue weighted by Crippen LogP contribution is 2.41. The minimum atomic E-state index is -4.77. The molecule has 1 aromatic carbocycles. The lowest BCUT2D eigenvalue weighted by molar-refractivity contribution is -0.267. The first-order valence-corrected chi connectivity index (χ1v) is 4.92. The van der Waals surface area contributed by atoms with Gasteiger partial charge in [-0.15, -0.1) is 0 Å². The Bertz CT molecular complexity index is 414. The second-order valence-corrected chi connectivity index (χ2v) is 3.65. The number of hydrogen-bond donors (Lipinski definition) is 2. The molecule has 1 rings (SSSR count). The monoisotopic (exact) mass is 247 g/mol. The van der Waals surface area contributed by atoms with Crippen LogP contribution in [0.25, 0.3) is 0 Å². The standard InChI is InChI=1S/C11H12F3NO2/c1-2-10(17,11(12,13)14)8-5-3-7(4-6-8)9(15)16/h3-6,17H,2H2,1H3,(H2,15,16). The van der Waals surface area contributed by atoms with E-state index in [1.54, 1.807) is 0 Å². The van der Waals surface area contributed by atoms with Crippen molar-refractivity contribution in [3.63, 3.8) is 0 Å². The van der Waals surface area contributed by atoms with Crippen molar-refractivity contribution in [2.75, 3.05) is 0 Å². The van der Waals surface area contributed by atoms with E-state index in [1.807, 2.05) is 0 Å². The van der Waals surface area contributed by atoms with Gasteiger partial charge < -0.3 is 10.8 Å². The van der Waals surface area contributed by atoms with Gasteiger partial charge in [0.05, 0.1) is 0 Å². The summed E-state index contributed by atoms with van der Waals surface area (Å²) < 4.78 is 38.1. The highest BCUT2D eigenvalue weighted by molar-refractivity contribution is 5.92. The van der Waals surface area contributed by atoms with Crippen LogP contribution in [-0.4, -0.2) is 17.2 Å². The molecule has 1 atom stereocenters. The summed E-state index contributed by atoms with van der Waals surface area (Å²) in [5.41, 5.74) is 1.85. The van der Waals surface area contributed by atoms with Gasteiger partial charge in [0.25, 0.3) is 0 Å². The topological polar surface area (TPSA) is 63.3 Å². The summed E-state index contributed by atoms with van der Waals surface area (Å²) in [6.45, 7) is 1.23. The van der Waals surface area contributed by atoms with Crippen molar-refractivity contribution in [1.29, 1.82) is 0 Å². The van der Waals surface area contributed by atoms with Gasteiger partial charge in [0.15, 0.2) is 5.60 Å². The molecule has 3 N–H and O–H groups in total. The van der Waals surface area contributed by atoms with E-state index >= 15 is 0 Å². The van der Waals surface area contributed by atoms with Gasteiger partial charge in [-0.3, -0.25) is 4.79 Å². The third-order valence-electron chi connectivity index (χ3n) is 2.63. The van der Waals surface area contributed by atoms with Gasteiger partial charge in [0.2, 0.25) is 5.91 Å². The van der Waals surface area contributed by atoms with E-state index in [-0.39, 0.29) is 11.1 Å². The van der Waals surface area contributed by atoms with Gasteiger partial charge >= 0.3 is 6.18 Å². The van der Waals surface area contributed by atoms with Crippen molar-refractivity contribution in [3.05, 3.63) is 35.4 Å². The normalized spacial score (nSPS) is 15.4. The number of alkyl halides is 3. The van der Waals surface area contributed by atoms with E-state index in [4.69, 9.17) is 5.73 Å². The third kappa shape index (κ3) is 2.41. The Balaban J connectivity index is 3.19. The Labute approximate surface area is 96.0 Å². The Morgan fingerprint density at radius 2 is 1.76 bits per heavy atom. The minimum Gasteiger partial charge on any atom is -0.376 e. The van der Waals surface area contributed by atoms with Gasteiger partial charge in [-0.2, -0.15) is 13.2 Å². The number of carbonyl (C=O) groups excluding carboxylic acids is 1. The average molecular weight is 247 g/mol. The molecule has 0 aromatic heterocycles. The first-order valence-electron chi connectivity index (χ1n) is 4.92. The van der Waals surface area contributed by atoms with E-state index in [0.29, 0.717) is 0 Å². The van der Waals surface area contributed by atoms with Crippen molar-refractivity contribution >= 4 is 5.91 Å². The molecule has 0 heterocycles. The largest absolute Gasteiger partial charge is 0.421 e. The van der Waals surface area contributed by atoms with Crippen LogP contribution in [0, 0.1) is 0 Å². The third-order valence-corrected chi connectivity index (χ3v) is 2.63. The summed E-state index contributed by atoms with van der Waals surface area (Å²) in [4.78, 5) is 10.8. The molecule has 0 saturated carbocycles. The van der Waals surface area contributed by atoms with Gasteiger partial charge in [0, 0.05) is 5.56 Å². The molecule has 0 radical (unpaired) electrons. The molecule has 0 aliphatic rings. The maximum Gasteiger partial charge on any atom is 0.421 e. The highest BCUT2D eigenvalue weighted by atomic mass is 19.4. The number of benzene rings is 1. The number of amides is 1. The molecular weight excluding hydrogens is 235 g/mol. The van der Waals surface area contributed by atoms with Crippen molar-refractivity contribution in [2.45, 2.75) is 25.1 Å². The van der Waals surface area contributed by atoms with E-state index in [2.05, 4.69) is 0 Å². The summed E-state index contributed by atoms with van der Waals surface area (Å²) in [5.74, 6) is -0.733. The summed E-state index contributed by atoms with van der Waals surface area (Å²) in [5, 5.41) is 9.62. The SMILES string of the molecule is CCC(O)(c1ccc(C(N)=O)cc1)C(F)(F)F. The molecule has 0 saturated heterocycles. The summed E-state index contributed by atoms with van der Waals surface area (Å²) in [6.07, 6.45) is -5.28. The number of nitrogens with two attached hydrogens (primary N) is 1. The van der Waals surface area contributed by atoms with E-state index in [9.17, 15) is 23.1 Å². The van der Waals surface area contributed by atoms with Gasteiger partial charge in [-0.25, -0.2) is 0 Å². The fourth-order valence-electron chi connectivity index (χ4n) is 1.48. The molecule has 0 aliphatic carbocycles. The molecule has 0 aliphatic heterocycles. The molecule has 1 aromatic rings. The van der Waals surface area contributed by atoms with E-state index in [1.165, 1.54) is 6.92 Å². The lowest BCUT2D eigenvalue weighted by atomic mass is 9.90. The van der Waals surface area contributed by atoms with Crippen LogP contribution in [0.1, 0.15) is 29.3 Å². The zero-order valence-corrected chi connectivity index (χ0v) is 9.08. The Morgan fingerprint density at radius 3 is 2.06 bits per heavy atom. The van der Waals surface area contributed by atoms with Crippen LogP contribution in [0.3, 0.4) is 0 Å². The second-order valence-electron chi connectivity index (χ2n) is 3.65. The first kappa shape index (κ1) is 13.5. The predicted molar refractivity (Wildman–Crippen MR) is 55.2 cm³/mol. The quantitative estimate of drug-likeness (QED) is 0.857. The molecule has 3 nitrogen and oxygen atoms in total. The fourth-order valence-corrected chi connectivity index (χ4v) is 1.48. The number of halogens is 3. The predicted octanol–water partition coefficient (Wildman–Crippen LogP) is 1.95. The van der Waals surface area contributed by atoms with Crippen LogP contribution in [0.2, 0.25) is 0 Å². The van der Waals surface area contributed by atoms with Crippen LogP contribution in [0.15, 0.2) is 24.3 Å². The van der Waals surface area contributed by atoms with E-state index < -0.39 is 24.1 Å². The molecule has 0 fully saturated rings. The van der Waals surface area contributed by atoms with Crippen molar-refractivity contribution in [2.24, 2.45) is 5.73 Å².